The molecule has 0 aromatic carbocycles. The van der Waals surface area contributed by atoms with Crippen LogP contribution in [0.1, 0.15) is 0 Å². The predicted octanol–water partition coefficient (Wildman–Crippen LogP) is 1.79. The van der Waals surface area contributed by atoms with Crippen molar-refractivity contribution in [1.29, 1.82) is 0 Å². The van der Waals surface area contributed by atoms with Gasteiger partial charge in [-0.2, -0.15) is 0 Å². The first-order chi connectivity index (χ1) is 4.88. The summed E-state index contributed by atoms with van der Waals surface area (Å²) in [5.41, 5.74) is 0.826. The largest absolute Gasteiger partial charge is 0.291 e. The summed E-state index contributed by atoms with van der Waals surface area (Å²) in [4.78, 5) is 4.02. The topological polar surface area (TPSA) is 17.3 Å². The van der Waals surface area contributed by atoms with Gasteiger partial charge >= 0.3 is 0 Å². The third-order valence-electron chi connectivity index (χ3n) is 1.31. The number of imidazole rings is 1. The van der Waals surface area contributed by atoms with Gasteiger partial charge in [0, 0.05) is 6.20 Å². The van der Waals surface area contributed by atoms with E-state index in [1.807, 2.05) is 6.20 Å². The van der Waals surface area contributed by atoms with E-state index in [2.05, 4.69) is 11.1 Å². The number of nitrogens with zero attached hydrogens (tertiary/aromatic N) is 2. The highest BCUT2D eigenvalue weighted by atomic mass is 35.5. The number of hydrogen-bond donors (Lipinski definition) is 0. The van der Waals surface area contributed by atoms with Gasteiger partial charge in [-0.1, -0.05) is 11.6 Å². The smallest absolute Gasteiger partial charge is 0.138 e. The van der Waals surface area contributed by atoms with Crippen LogP contribution in [0, 0.1) is 6.07 Å². The van der Waals surface area contributed by atoms with E-state index in [0.29, 0.717) is 5.15 Å². The van der Waals surface area contributed by atoms with Gasteiger partial charge in [-0.3, -0.25) is 4.40 Å². The van der Waals surface area contributed by atoms with Gasteiger partial charge in [0.05, 0.1) is 6.20 Å². The molecule has 0 aliphatic rings. The number of hydrogen-bond acceptors (Lipinski definition) is 1. The lowest BCUT2D eigenvalue weighted by Gasteiger charge is -1.89. The molecule has 2 heterocycles. The van der Waals surface area contributed by atoms with E-state index >= 15 is 0 Å². The standard InChI is InChI=1S/C7H4ClN2/c8-6-5-9-7-3-1-2-4-10(6)7/h2-5H. The first kappa shape index (κ1) is 5.74. The van der Waals surface area contributed by atoms with Gasteiger partial charge in [0.15, 0.2) is 0 Å². The molecule has 0 unspecified atom stereocenters. The number of pyridine rings is 1. The summed E-state index contributed by atoms with van der Waals surface area (Å²) in [7, 11) is 0. The Labute approximate surface area is 63.1 Å². The van der Waals surface area contributed by atoms with Gasteiger partial charge in [-0.05, 0) is 18.2 Å². The Morgan fingerprint density at radius 1 is 1.60 bits per heavy atom. The van der Waals surface area contributed by atoms with Crippen molar-refractivity contribution in [2.24, 2.45) is 0 Å². The first-order valence-corrected chi connectivity index (χ1v) is 3.24. The molecule has 2 aromatic rings. The Bertz CT molecular complexity index is 353. The molecular formula is C7H4ClN2. The van der Waals surface area contributed by atoms with Crippen molar-refractivity contribution in [3.63, 3.8) is 0 Å². The Morgan fingerprint density at radius 2 is 2.50 bits per heavy atom. The van der Waals surface area contributed by atoms with E-state index in [0.717, 1.165) is 5.65 Å². The zero-order chi connectivity index (χ0) is 6.97. The molecule has 0 N–H and O–H groups in total. The van der Waals surface area contributed by atoms with Crippen LogP contribution in [0.5, 0.6) is 0 Å². The normalized spacial score (nSPS) is 10.5. The minimum Gasteiger partial charge on any atom is -0.291 e. The van der Waals surface area contributed by atoms with Crippen LogP contribution in [0.2, 0.25) is 5.15 Å². The van der Waals surface area contributed by atoms with Gasteiger partial charge in [-0.25, -0.2) is 4.98 Å². The molecule has 0 bridgehead atoms. The molecule has 0 saturated carbocycles. The van der Waals surface area contributed by atoms with Crippen molar-refractivity contribution in [2.45, 2.75) is 0 Å². The maximum absolute atomic E-state index is 5.76. The molecule has 0 aliphatic carbocycles. The molecule has 49 valence electrons. The molecule has 10 heavy (non-hydrogen) atoms. The van der Waals surface area contributed by atoms with Gasteiger partial charge in [-0.15, -0.1) is 0 Å². The molecule has 0 amide bonds. The SMILES string of the molecule is Clc1cnc2c[c]ccn12. The van der Waals surface area contributed by atoms with E-state index in [1.54, 1.807) is 22.7 Å². The number of aromatic nitrogens is 2. The van der Waals surface area contributed by atoms with E-state index in [9.17, 15) is 0 Å². The van der Waals surface area contributed by atoms with Crippen molar-refractivity contribution in [1.82, 2.24) is 9.38 Å². The molecule has 2 aromatic heterocycles. The fraction of sp³-hybridized carbons (Fsp3) is 0. The molecule has 1 radical (unpaired) electrons. The van der Waals surface area contributed by atoms with Crippen LogP contribution in [0.3, 0.4) is 0 Å². The molecule has 0 atom stereocenters. The zero-order valence-electron chi connectivity index (χ0n) is 5.08. The van der Waals surface area contributed by atoms with Crippen LogP contribution in [0.25, 0.3) is 5.65 Å². The lowest BCUT2D eigenvalue weighted by molar-refractivity contribution is 1.18. The van der Waals surface area contributed by atoms with Gasteiger partial charge in [0.1, 0.15) is 10.8 Å². The van der Waals surface area contributed by atoms with Gasteiger partial charge in [0.25, 0.3) is 0 Å². The minimum absolute atomic E-state index is 0.629. The van der Waals surface area contributed by atoms with Crippen molar-refractivity contribution < 1.29 is 0 Å². The van der Waals surface area contributed by atoms with E-state index in [4.69, 9.17) is 11.6 Å². The van der Waals surface area contributed by atoms with Crippen molar-refractivity contribution >= 4 is 17.2 Å². The summed E-state index contributed by atoms with van der Waals surface area (Å²) in [5, 5.41) is 0.629. The Kier molecular flexibility index (Phi) is 1.14. The molecule has 0 fully saturated rings. The monoisotopic (exact) mass is 151 g/mol. The van der Waals surface area contributed by atoms with Crippen LogP contribution in [0.15, 0.2) is 24.5 Å². The fourth-order valence-electron chi connectivity index (χ4n) is 0.848. The summed E-state index contributed by atoms with van der Waals surface area (Å²) >= 11 is 5.76. The number of rotatable bonds is 0. The fourth-order valence-corrected chi connectivity index (χ4v) is 1.04. The molecule has 0 saturated heterocycles. The summed E-state index contributed by atoms with van der Waals surface area (Å²) in [5.74, 6) is 0. The number of fused-ring (bicyclic) bond motifs is 1. The maximum atomic E-state index is 5.76. The highest BCUT2D eigenvalue weighted by molar-refractivity contribution is 6.29. The quantitative estimate of drug-likeness (QED) is 0.561. The zero-order valence-corrected chi connectivity index (χ0v) is 5.84. The van der Waals surface area contributed by atoms with Crippen molar-refractivity contribution in [3.8, 4) is 0 Å². The average molecular weight is 152 g/mol. The van der Waals surface area contributed by atoms with Crippen molar-refractivity contribution in [2.75, 3.05) is 0 Å². The highest BCUT2D eigenvalue weighted by Gasteiger charge is 1.95. The van der Waals surface area contributed by atoms with Gasteiger partial charge in [0.2, 0.25) is 0 Å². The summed E-state index contributed by atoms with van der Waals surface area (Å²) in [6, 6.07) is 6.48. The second-order valence-electron chi connectivity index (χ2n) is 1.94. The van der Waals surface area contributed by atoms with E-state index < -0.39 is 0 Å². The third-order valence-corrected chi connectivity index (χ3v) is 1.59. The second kappa shape index (κ2) is 1.99. The molecule has 3 heteroatoms. The average Bonchev–Trinajstić information content (AvgIpc) is 2.34. The van der Waals surface area contributed by atoms with Crippen molar-refractivity contribution in [3.05, 3.63) is 35.7 Å². The van der Waals surface area contributed by atoms with Crippen LogP contribution in [0.4, 0.5) is 0 Å². The van der Waals surface area contributed by atoms with E-state index in [-0.39, 0.29) is 0 Å². The third kappa shape index (κ3) is 0.693. The second-order valence-corrected chi connectivity index (χ2v) is 2.32. The lowest BCUT2D eigenvalue weighted by atomic mass is 10.5. The molecule has 2 nitrogen and oxygen atoms in total. The molecular weight excluding hydrogens is 148 g/mol. The van der Waals surface area contributed by atoms with Crippen LogP contribution in [-0.4, -0.2) is 9.38 Å². The van der Waals surface area contributed by atoms with Crippen LogP contribution < -0.4 is 0 Å². The Hall–Kier alpha value is -1.02. The number of halogens is 1. The summed E-state index contributed by atoms with van der Waals surface area (Å²) < 4.78 is 1.79. The van der Waals surface area contributed by atoms with Gasteiger partial charge < -0.3 is 0 Å². The molecule has 2 rings (SSSR count). The summed E-state index contributed by atoms with van der Waals surface area (Å²) in [6.45, 7) is 0. The first-order valence-electron chi connectivity index (χ1n) is 2.86. The molecule has 0 spiro atoms. The predicted molar refractivity (Wildman–Crippen MR) is 39.0 cm³/mol. The van der Waals surface area contributed by atoms with E-state index in [1.165, 1.54) is 0 Å². The van der Waals surface area contributed by atoms with Crippen LogP contribution >= 0.6 is 11.6 Å². The highest BCUT2D eigenvalue weighted by Crippen LogP contribution is 2.09. The summed E-state index contributed by atoms with van der Waals surface area (Å²) in [6.07, 6.45) is 3.44. The Balaban J connectivity index is 2.93. The minimum atomic E-state index is 0.629. The lowest BCUT2D eigenvalue weighted by Crippen LogP contribution is -1.80. The maximum Gasteiger partial charge on any atom is 0.138 e. The Morgan fingerprint density at radius 3 is 3.30 bits per heavy atom. The van der Waals surface area contributed by atoms with Crippen LogP contribution in [-0.2, 0) is 0 Å². The molecule has 0 aliphatic heterocycles.